The molecule has 29 heavy (non-hydrogen) atoms. The largest absolute Gasteiger partial charge is 0.365 e. The summed E-state index contributed by atoms with van der Waals surface area (Å²) < 4.78 is 6.21. The van der Waals surface area contributed by atoms with E-state index in [2.05, 4.69) is 37.5 Å². The zero-order valence-electron chi connectivity index (χ0n) is 18.7. The van der Waals surface area contributed by atoms with Crippen molar-refractivity contribution in [1.82, 2.24) is 10.2 Å². The minimum atomic E-state index is -0.413. The Bertz CT molecular complexity index is 825. The number of amides is 1. The van der Waals surface area contributed by atoms with E-state index >= 15 is 0 Å². The fourth-order valence-corrected chi connectivity index (χ4v) is 4.56. The van der Waals surface area contributed by atoms with Gasteiger partial charge in [0.2, 0.25) is 0 Å². The highest BCUT2D eigenvalue weighted by molar-refractivity contribution is 5.98. The Morgan fingerprint density at radius 1 is 1.28 bits per heavy atom. The summed E-state index contributed by atoms with van der Waals surface area (Å²) in [4.78, 5) is 19.8. The van der Waals surface area contributed by atoms with Crippen LogP contribution in [0.25, 0.3) is 0 Å². The smallest absolute Gasteiger partial charge is 0.254 e. The van der Waals surface area contributed by atoms with Crippen LogP contribution in [0.5, 0.6) is 0 Å². The average Bonchev–Trinajstić information content (AvgIpc) is 3.34. The summed E-state index contributed by atoms with van der Waals surface area (Å²) in [6.07, 6.45) is 5.97. The molecule has 0 radical (unpaired) electrons. The molecule has 1 atom stereocenters. The Morgan fingerprint density at radius 2 is 1.97 bits per heavy atom. The third-order valence-electron chi connectivity index (χ3n) is 6.48. The highest BCUT2D eigenvalue weighted by Crippen LogP contribution is 2.40. The molecule has 2 aliphatic heterocycles. The first-order chi connectivity index (χ1) is 13.7. The van der Waals surface area contributed by atoms with Crippen molar-refractivity contribution in [3.8, 4) is 0 Å². The van der Waals surface area contributed by atoms with Gasteiger partial charge in [-0.2, -0.15) is 0 Å². The third kappa shape index (κ3) is 4.11. The van der Waals surface area contributed by atoms with Crippen LogP contribution < -0.4 is 5.32 Å². The summed E-state index contributed by atoms with van der Waals surface area (Å²) in [7, 11) is 0. The monoisotopic (exact) mass is 397 g/mol. The molecule has 1 saturated heterocycles. The molecular weight excluding hydrogens is 362 g/mol. The summed E-state index contributed by atoms with van der Waals surface area (Å²) >= 11 is 0. The van der Waals surface area contributed by atoms with Crippen LogP contribution in [0.15, 0.2) is 51.3 Å². The SMILES string of the molecule is C=CC1=C(C)COC12CCCN(C(=O)C(=C(C)C)/C(C)=C(/N=C)NC1(C)CC1)C2. The fraction of sp³-hybridized carbons (Fsp3) is 0.583. The van der Waals surface area contributed by atoms with Gasteiger partial charge >= 0.3 is 0 Å². The average molecular weight is 398 g/mol. The molecule has 1 saturated carbocycles. The standard InChI is InChI=1S/C24H35N3O2/c1-8-19-17(4)14-29-24(19)10-9-13-27(15-24)22(28)20(16(2)3)18(5)21(25-7)26-23(6)11-12-23/h8,26H,1,7,9-15H2,2-6H3/b21-18-. The van der Waals surface area contributed by atoms with Crippen LogP contribution in [0.2, 0.25) is 0 Å². The van der Waals surface area contributed by atoms with Gasteiger partial charge < -0.3 is 15.0 Å². The van der Waals surface area contributed by atoms with E-state index < -0.39 is 5.60 Å². The maximum Gasteiger partial charge on any atom is 0.254 e. The number of rotatable bonds is 6. The second-order valence-electron chi connectivity index (χ2n) is 9.20. The molecular formula is C24H35N3O2. The van der Waals surface area contributed by atoms with Crippen molar-refractivity contribution in [3.05, 3.63) is 46.3 Å². The summed E-state index contributed by atoms with van der Waals surface area (Å²) in [5.41, 5.74) is 4.59. The Labute approximate surface area is 175 Å². The lowest BCUT2D eigenvalue weighted by atomic mass is 9.84. The van der Waals surface area contributed by atoms with E-state index in [4.69, 9.17) is 4.74 Å². The molecule has 1 spiro atoms. The van der Waals surface area contributed by atoms with Crippen LogP contribution in [0, 0.1) is 0 Å². The molecule has 1 N–H and O–H groups in total. The number of aliphatic imine (C=N–C) groups is 1. The van der Waals surface area contributed by atoms with Crippen LogP contribution >= 0.6 is 0 Å². The first-order valence-corrected chi connectivity index (χ1v) is 10.6. The van der Waals surface area contributed by atoms with E-state index in [9.17, 15) is 4.79 Å². The van der Waals surface area contributed by atoms with Gasteiger partial charge in [0, 0.05) is 23.2 Å². The van der Waals surface area contributed by atoms with Crippen molar-refractivity contribution < 1.29 is 9.53 Å². The van der Waals surface area contributed by atoms with Crippen molar-refractivity contribution >= 4 is 12.6 Å². The summed E-state index contributed by atoms with van der Waals surface area (Å²) in [6.45, 7) is 19.9. The molecule has 3 rings (SSSR count). The highest BCUT2D eigenvalue weighted by Gasteiger charge is 2.45. The lowest BCUT2D eigenvalue weighted by molar-refractivity contribution is -0.133. The summed E-state index contributed by atoms with van der Waals surface area (Å²) in [5.74, 6) is 0.753. The van der Waals surface area contributed by atoms with Crippen LogP contribution in [0.4, 0.5) is 0 Å². The van der Waals surface area contributed by atoms with Gasteiger partial charge in [-0.15, -0.1) is 0 Å². The van der Waals surface area contributed by atoms with Crippen LogP contribution in [-0.2, 0) is 9.53 Å². The summed E-state index contributed by atoms with van der Waals surface area (Å²) in [5, 5.41) is 3.48. The second-order valence-corrected chi connectivity index (χ2v) is 9.20. The van der Waals surface area contributed by atoms with Crippen molar-refractivity contribution in [3.63, 3.8) is 0 Å². The van der Waals surface area contributed by atoms with Gasteiger partial charge in [-0.25, -0.2) is 4.99 Å². The fourth-order valence-electron chi connectivity index (χ4n) is 4.56. The summed E-state index contributed by atoms with van der Waals surface area (Å²) in [6, 6.07) is 0. The first kappa shape index (κ1) is 21.6. The number of carbonyl (C=O) groups excluding carboxylic acids is 1. The molecule has 158 valence electrons. The van der Waals surface area contributed by atoms with Crippen LogP contribution in [0.3, 0.4) is 0 Å². The van der Waals surface area contributed by atoms with E-state index in [1.807, 2.05) is 31.7 Å². The van der Waals surface area contributed by atoms with Gasteiger partial charge in [0.1, 0.15) is 11.4 Å². The normalized spacial score (nSPS) is 26.2. The molecule has 0 aromatic heterocycles. The van der Waals surface area contributed by atoms with E-state index in [1.165, 1.54) is 5.57 Å². The van der Waals surface area contributed by atoms with Crippen molar-refractivity contribution in [1.29, 1.82) is 0 Å². The number of hydrogen-bond donors (Lipinski definition) is 1. The van der Waals surface area contributed by atoms with E-state index in [0.29, 0.717) is 19.0 Å². The topological polar surface area (TPSA) is 53.9 Å². The predicted octanol–water partition coefficient (Wildman–Crippen LogP) is 4.29. The van der Waals surface area contributed by atoms with Gasteiger partial charge in [0.25, 0.3) is 5.91 Å². The van der Waals surface area contributed by atoms with E-state index in [1.54, 1.807) is 0 Å². The maximum atomic E-state index is 13.6. The van der Waals surface area contributed by atoms with Crippen molar-refractivity contribution in [2.24, 2.45) is 4.99 Å². The van der Waals surface area contributed by atoms with Gasteiger partial charge in [-0.3, -0.25) is 4.79 Å². The number of likely N-dealkylation sites (tertiary alicyclic amines) is 1. The molecule has 0 aromatic rings. The Hall–Kier alpha value is -2.14. The van der Waals surface area contributed by atoms with Crippen molar-refractivity contribution in [2.75, 3.05) is 19.7 Å². The Balaban J connectivity index is 1.89. The molecule has 3 aliphatic rings. The molecule has 5 nitrogen and oxygen atoms in total. The number of nitrogens with one attached hydrogen (secondary N) is 1. The second kappa shape index (κ2) is 7.94. The molecule has 1 aliphatic carbocycles. The molecule has 2 fully saturated rings. The number of nitrogens with zero attached hydrogens (tertiary/aromatic N) is 2. The molecule has 1 amide bonds. The van der Waals surface area contributed by atoms with Crippen LogP contribution in [0.1, 0.15) is 60.3 Å². The van der Waals surface area contributed by atoms with Gasteiger partial charge in [0.15, 0.2) is 0 Å². The predicted molar refractivity (Wildman–Crippen MR) is 119 cm³/mol. The number of piperidine rings is 1. The Kier molecular flexibility index (Phi) is 5.91. The Morgan fingerprint density at radius 3 is 2.52 bits per heavy atom. The van der Waals surface area contributed by atoms with E-state index in [-0.39, 0.29) is 11.4 Å². The lowest BCUT2D eigenvalue weighted by Gasteiger charge is -2.41. The number of ether oxygens (including phenoxy) is 1. The van der Waals surface area contributed by atoms with Gasteiger partial charge in [0.05, 0.1) is 13.2 Å². The number of hydrogen-bond acceptors (Lipinski definition) is 4. The van der Waals surface area contributed by atoms with Gasteiger partial charge in [-0.05, 0) is 78.2 Å². The third-order valence-corrected chi connectivity index (χ3v) is 6.48. The van der Waals surface area contributed by atoms with Gasteiger partial charge in [-0.1, -0.05) is 18.2 Å². The molecule has 1 unspecified atom stereocenters. The molecule has 0 bridgehead atoms. The number of allylic oxidation sites excluding steroid dienone is 1. The zero-order chi connectivity index (χ0) is 21.4. The van der Waals surface area contributed by atoms with Crippen molar-refractivity contribution in [2.45, 2.75) is 71.4 Å². The lowest BCUT2D eigenvalue weighted by Crippen LogP contribution is -2.51. The quantitative estimate of drug-likeness (QED) is 0.413. The van der Waals surface area contributed by atoms with Crippen LogP contribution in [-0.4, -0.2) is 48.4 Å². The first-order valence-electron chi connectivity index (χ1n) is 10.6. The maximum absolute atomic E-state index is 13.6. The molecule has 2 heterocycles. The highest BCUT2D eigenvalue weighted by atomic mass is 16.5. The zero-order valence-corrected chi connectivity index (χ0v) is 18.7. The van der Waals surface area contributed by atoms with E-state index in [0.717, 1.165) is 54.5 Å². The minimum Gasteiger partial charge on any atom is -0.365 e. The minimum absolute atomic E-state index is 0.0436. The molecule has 5 heteroatoms. The molecule has 0 aromatic carbocycles. The number of carbonyl (C=O) groups is 1.